The number of rotatable bonds is 5. The Balaban J connectivity index is 2.18. The molecule has 0 atom stereocenters. The van der Waals surface area contributed by atoms with Crippen molar-refractivity contribution >= 4 is 23.3 Å². The summed E-state index contributed by atoms with van der Waals surface area (Å²) >= 11 is 5.52. The van der Waals surface area contributed by atoms with Crippen LogP contribution in [0.4, 0.5) is 10.5 Å². The van der Waals surface area contributed by atoms with Crippen LogP contribution < -0.4 is 15.4 Å². The molecule has 0 aliphatic rings. The van der Waals surface area contributed by atoms with Gasteiger partial charge in [0.2, 0.25) is 0 Å². The average molecular weight is 309 g/mol. The summed E-state index contributed by atoms with van der Waals surface area (Å²) in [5.41, 5.74) is 2.41. The van der Waals surface area contributed by atoms with Gasteiger partial charge in [-0.1, -0.05) is 0 Å². The zero-order valence-corrected chi connectivity index (χ0v) is 12.6. The zero-order valence-electron chi connectivity index (χ0n) is 11.9. The van der Waals surface area contributed by atoms with E-state index in [-0.39, 0.29) is 6.03 Å². The fourth-order valence-electron chi connectivity index (χ4n) is 1.86. The Labute approximate surface area is 128 Å². The van der Waals surface area contributed by atoms with Crippen molar-refractivity contribution in [3.8, 4) is 11.4 Å². The van der Waals surface area contributed by atoms with Gasteiger partial charge in [-0.25, -0.2) is 9.78 Å². The fraction of sp³-hybridized carbons (Fsp3) is 0.286. The molecule has 21 heavy (non-hydrogen) atoms. The number of nitrogens with one attached hydrogen (secondary N) is 2. The van der Waals surface area contributed by atoms with Crippen molar-refractivity contribution < 1.29 is 9.53 Å². The normalized spacial score (nSPS) is 10.2. The molecule has 112 valence electrons. The van der Waals surface area contributed by atoms with E-state index in [9.17, 15) is 4.79 Å². The summed E-state index contributed by atoms with van der Waals surface area (Å²) in [5, 5.41) is 5.35. The van der Waals surface area contributed by atoms with Crippen LogP contribution in [0, 0.1) is 6.92 Å². The Hall–Kier alpha value is -2.21. The monoisotopic (exact) mass is 308 g/mol. The van der Waals surface area contributed by atoms with Crippen molar-refractivity contribution in [1.82, 2.24) is 14.9 Å². The van der Waals surface area contributed by atoms with E-state index in [0.717, 1.165) is 11.4 Å². The Morgan fingerprint density at radius 2 is 2.29 bits per heavy atom. The minimum absolute atomic E-state index is 0.302. The van der Waals surface area contributed by atoms with Gasteiger partial charge in [-0.15, -0.1) is 11.6 Å². The molecule has 1 aromatic heterocycles. The van der Waals surface area contributed by atoms with E-state index in [2.05, 4.69) is 15.6 Å². The molecule has 2 N–H and O–H groups in total. The van der Waals surface area contributed by atoms with E-state index in [1.165, 1.54) is 0 Å². The first-order valence-electron chi connectivity index (χ1n) is 6.44. The molecule has 2 aromatic rings. The third-order valence-electron chi connectivity index (χ3n) is 2.81. The number of halogens is 1. The van der Waals surface area contributed by atoms with Crippen LogP contribution in [0.15, 0.2) is 30.7 Å². The molecule has 0 aliphatic heterocycles. The van der Waals surface area contributed by atoms with E-state index < -0.39 is 0 Å². The molecule has 2 rings (SSSR count). The number of carbonyl (C=O) groups is 1. The number of imidazole rings is 1. The minimum Gasteiger partial charge on any atom is -0.494 e. The first kappa shape index (κ1) is 15.2. The first-order chi connectivity index (χ1) is 10.1. The third-order valence-corrected chi connectivity index (χ3v) is 3.00. The summed E-state index contributed by atoms with van der Waals surface area (Å²) in [6.07, 6.45) is 3.62. The quantitative estimate of drug-likeness (QED) is 0.834. The third kappa shape index (κ3) is 3.88. The summed E-state index contributed by atoms with van der Waals surface area (Å²) in [5.74, 6) is 1.01. The van der Waals surface area contributed by atoms with Crippen molar-refractivity contribution in [2.75, 3.05) is 24.9 Å². The molecule has 2 amide bonds. The second-order valence-electron chi connectivity index (χ2n) is 4.38. The lowest BCUT2D eigenvalue weighted by atomic mass is 10.2. The summed E-state index contributed by atoms with van der Waals surface area (Å²) < 4.78 is 7.24. The van der Waals surface area contributed by atoms with Crippen molar-refractivity contribution in [2.24, 2.45) is 0 Å². The van der Waals surface area contributed by atoms with Crippen LogP contribution in [-0.2, 0) is 0 Å². The van der Waals surface area contributed by atoms with E-state index in [1.807, 2.05) is 23.8 Å². The molecule has 0 saturated heterocycles. The molecule has 0 saturated carbocycles. The topological polar surface area (TPSA) is 68.2 Å². The van der Waals surface area contributed by atoms with Crippen LogP contribution in [0.2, 0.25) is 0 Å². The van der Waals surface area contributed by atoms with Crippen LogP contribution in [0.25, 0.3) is 5.69 Å². The van der Waals surface area contributed by atoms with Crippen molar-refractivity contribution in [2.45, 2.75) is 6.92 Å². The first-order valence-corrected chi connectivity index (χ1v) is 6.97. The predicted octanol–water partition coefficient (Wildman–Crippen LogP) is 2.55. The maximum Gasteiger partial charge on any atom is 0.319 e. The zero-order chi connectivity index (χ0) is 15.2. The number of methoxy groups -OCH3 is 1. The highest BCUT2D eigenvalue weighted by Crippen LogP contribution is 2.26. The summed E-state index contributed by atoms with van der Waals surface area (Å²) in [6, 6.07) is 5.11. The van der Waals surface area contributed by atoms with Gasteiger partial charge in [-0.3, -0.25) is 0 Å². The summed E-state index contributed by atoms with van der Waals surface area (Å²) in [7, 11) is 1.58. The lowest BCUT2D eigenvalue weighted by Gasteiger charge is -2.12. The highest BCUT2D eigenvalue weighted by Gasteiger charge is 2.08. The fourth-order valence-corrected chi connectivity index (χ4v) is 1.95. The molecule has 7 heteroatoms. The van der Waals surface area contributed by atoms with Crippen LogP contribution in [0.3, 0.4) is 0 Å². The van der Waals surface area contributed by atoms with E-state index in [4.69, 9.17) is 16.3 Å². The SMILES string of the molecule is COc1cc(NC(=O)NCCCl)ccc1-n1cnc(C)c1. The van der Waals surface area contributed by atoms with Gasteiger partial charge < -0.3 is 19.9 Å². The number of aromatic nitrogens is 2. The van der Waals surface area contributed by atoms with Gasteiger partial charge in [0.1, 0.15) is 5.75 Å². The van der Waals surface area contributed by atoms with Crippen LogP contribution >= 0.6 is 11.6 Å². The number of hydrogen-bond donors (Lipinski definition) is 2. The number of urea groups is 1. The predicted molar refractivity (Wildman–Crippen MR) is 82.6 cm³/mol. The highest BCUT2D eigenvalue weighted by molar-refractivity contribution is 6.18. The van der Waals surface area contributed by atoms with Gasteiger partial charge in [-0.05, 0) is 19.1 Å². The Kier molecular flexibility index (Phi) is 5.05. The minimum atomic E-state index is -0.302. The van der Waals surface area contributed by atoms with Gasteiger partial charge in [0.25, 0.3) is 0 Å². The largest absolute Gasteiger partial charge is 0.494 e. The molecule has 1 aromatic carbocycles. The van der Waals surface area contributed by atoms with Crippen LogP contribution in [0.5, 0.6) is 5.75 Å². The van der Waals surface area contributed by atoms with Crippen LogP contribution in [0.1, 0.15) is 5.69 Å². The number of amides is 2. The molecule has 6 nitrogen and oxygen atoms in total. The molecule has 0 fully saturated rings. The van der Waals surface area contributed by atoms with E-state index in [1.54, 1.807) is 25.6 Å². The molecule has 0 unspecified atom stereocenters. The molecule has 0 aliphatic carbocycles. The number of hydrogen-bond acceptors (Lipinski definition) is 3. The van der Waals surface area contributed by atoms with Crippen molar-refractivity contribution in [1.29, 1.82) is 0 Å². The maximum absolute atomic E-state index is 11.6. The van der Waals surface area contributed by atoms with Gasteiger partial charge in [0, 0.05) is 30.4 Å². The molecule has 0 radical (unpaired) electrons. The Morgan fingerprint density at radius 1 is 1.48 bits per heavy atom. The van der Waals surface area contributed by atoms with Gasteiger partial charge in [-0.2, -0.15) is 0 Å². The summed E-state index contributed by atoms with van der Waals surface area (Å²) in [6.45, 7) is 2.33. The second-order valence-corrected chi connectivity index (χ2v) is 4.76. The molecular weight excluding hydrogens is 292 g/mol. The van der Waals surface area contributed by atoms with E-state index in [0.29, 0.717) is 23.9 Å². The number of alkyl halides is 1. The van der Waals surface area contributed by atoms with E-state index >= 15 is 0 Å². The number of benzene rings is 1. The highest BCUT2D eigenvalue weighted by atomic mass is 35.5. The van der Waals surface area contributed by atoms with Gasteiger partial charge >= 0.3 is 6.03 Å². The number of aryl methyl sites for hydroxylation is 1. The van der Waals surface area contributed by atoms with Gasteiger partial charge in [0.05, 0.1) is 24.8 Å². The number of carbonyl (C=O) groups excluding carboxylic acids is 1. The molecule has 0 spiro atoms. The smallest absolute Gasteiger partial charge is 0.319 e. The van der Waals surface area contributed by atoms with Gasteiger partial charge in [0.15, 0.2) is 0 Å². The van der Waals surface area contributed by atoms with Crippen molar-refractivity contribution in [3.63, 3.8) is 0 Å². The molecule has 0 bridgehead atoms. The Morgan fingerprint density at radius 3 is 2.90 bits per heavy atom. The Bertz CT molecular complexity index is 627. The maximum atomic E-state index is 11.6. The number of anilines is 1. The number of ether oxygens (including phenoxy) is 1. The molecule has 1 heterocycles. The second kappa shape index (κ2) is 6.99. The standard InChI is InChI=1S/C14H17ClN4O2/c1-10-8-19(9-17-10)12-4-3-11(7-13(12)21-2)18-14(20)16-6-5-15/h3-4,7-9H,5-6H2,1-2H3,(H2,16,18,20). The van der Waals surface area contributed by atoms with Crippen molar-refractivity contribution in [3.05, 3.63) is 36.4 Å². The molecular formula is C14H17ClN4O2. The van der Waals surface area contributed by atoms with Crippen LogP contribution in [-0.4, -0.2) is 35.1 Å². The number of nitrogens with zero attached hydrogens (tertiary/aromatic N) is 2. The lowest BCUT2D eigenvalue weighted by molar-refractivity contribution is 0.252. The average Bonchev–Trinajstić information content (AvgIpc) is 2.91. The summed E-state index contributed by atoms with van der Waals surface area (Å²) in [4.78, 5) is 15.8. The lowest BCUT2D eigenvalue weighted by Crippen LogP contribution is -2.30.